The molecule has 2 N–H and O–H groups in total. The number of rotatable bonds is 14. The van der Waals surface area contributed by atoms with Crippen molar-refractivity contribution in [3.8, 4) is 0 Å². The molecule has 0 aliphatic carbocycles. The van der Waals surface area contributed by atoms with Gasteiger partial charge in [0.2, 0.25) is 0 Å². The Morgan fingerprint density at radius 3 is 1.89 bits per heavy atom. The number of hydrogen-bond donors (Lipinski definition) is 2. The van der Waals surface area contributed by atoms with E-state index in [4.69, 9.17) is 5.11 Å². The number of allylic oxidation sites excluding steroid dienone is 1. The zero-order chi connectivity index (χ0) is 20.4. The first-order chi connectivity index (χ1) is 12.0. The molecule has 0 aliphatic rings. The first-order valence-electron chi connectivity index (χ1n) is 8.46. The van der Waals surface area contributed by atoms with Crippen LogP contribution in [0.2, 0.25) is 0 Å². The Morgan fingerprint density at radius 1 is 1.00 bits per heavy atom. The molecule has 4 unspecified atom stereocenters. The van der Waals surface area contributed by atoms with Crippen molar-refractivity contribution in [2.45, 2.75) is 57.8 Å². The molecule has 0 saturated carbocycles. The van der Waals surface area contributed by atoms with Gasteiger partial charge in [-0.2, -0.15) is 0 Å². The van der Waals surface area contributed by atoms with E-state index < -0.39 is 42.1 Å². The van der Waals surface area contributed by atoms with Gasteiger partial charge in [-0.05, 0) is 33.6 Å². The number of carbonyl (C=O) groups excluding carboxylic acids is 2. The number of nitrogens with zero attached hydrogens (tertiary/aromatic N) is 2. The van der Waals surface area contributed by atoms with Crippen molar-refractivity contribution in [3.05, 3.63) is 12.7 Å². The molecule has 150 valence electrons. The smallest absolute Gasteiger partial charge is 0.548 e. The minimum absolute atomic E-state index is 0. The summed E-state index contributed by atoms with van der Waals surface area (Å²) in [6, 6.07) is -3.31. The third-order valence-electron chi connectivity index (χ3n) is 4.38. The normalized spacial score (nSPS) is 14.9. The van der Waals surface area contributed by atoms with Crippen molar-refractivity contribution in [1.82, 2.24) is 9.80 Å². The fourth-order valence-corrected chi connectivity index (χ4v) is 2.51. The number of carboxylic acids is 3. The molecule has 0 spiro atoms. The number of hydrogen-bond acceptors (Lipinski definition) is 8. The maximum atomic E-state index is 11.2. The SMILES string of the molecule is C=CCCC(O)CN(CCN(C(C)C(=O)[O-])C(C)C(=O)O)C(C)C(=O)[O-].[Li+].[Li+]. The Bertz CT molecular complexity index is 488. The first-order valence-corrected chi connectivity index (χ1v) is 8.46. The number of carboxylic acid groups (broad SMARTS) is 3. The van der Waals surface area contributed by atoms with Crippen molar-refractivity contribution in [2.24, 2.45) is 0 Å². The van der Waals surface area contributed by atoms with Crippen LogP contribution >= 0.6 is 0 Å². The molecular formula is C17H28Li2N2O7. The van der Waals surface area contributed by atoms with Gasteiger partial charge in [0, 0.05) is 31.7 Å². The predicted molar refractivity (Wildman–Crippen MR) is 89.8 cm³/mol. The third-order valence-corrected chi connectivity index (χ3v) is 4.38. The van der Waals surface area contributed by atoms with Gasteiger partial charge >= 0.3 is 43.7 Å². The molecule has 0 saturated heterocycles. The summed E-state index contributed by atoms with van der Waals surface area (Å²) in [5.74, 6) is -3.97. The van der Waals surface area contributed by atoms with Crippen LogP contribution in [0, 0.1) is 0 Å². The van der Waals surface area contributed by atoms with E-state index in [1.165, 1.54) is 30.6 Å². The number of carbonyl (C=O) groups is 3. The molecular weight excluding hydrogens is 358 g/mol. The Kier molecular flexibility index (Phi) is 18.3. The van der Waals surface area contributed by atoms with Crippen LogP contribution in [0.3, 0.4) is 0 Å². The molecule has 0 fully saturated rings. The maximum absolute atomic E-state index is 11.2. The largest absolute Gasteiger partial charge is 1.00 e. The van der Waals surface area contributed by atoms with E-state index in [-0.39, 0.29) is 57.4 Å². The monoisotopic (exact) mass is 386 g/mol. The average molecular weight is 386 g/mol. The first kappa shape index (κ1) is 31.9. The van der Waals surface area contributed by atoms with Crippen LogP contribution in [0.15, 0.2) is 12.7 Å². The number of aliphatic hydroxyl groups is 1. The van der Waals surface area contributed by atoms with E-state index in [0.29, 0.717) is 12.8 Å². The predicted octanol–water partition coefficient (Wildman–Crippen LogP) is -8.32. The van der Waals surface area contributed by atoms with Gasteiger partial charge < -0.3 is 30.0 Å². The average Bonchev–Trinajstić information content (AvgIpc) is 2.57. The van der Waals surface area contributed by atoms with Gasteiger partial charge in [0.1, 0.15) is 6.04 Å². The molecule has 0 aromatic heterocycles. The number of aliphatic hydroxyl groups excluding tert-OH is 1. The quantitative estimate of drug-likeness (QED) is 0.220. The standard InChI is InChI=1S/C17H30N2O7.2Li/c1-5-6-7-14(20)10-18(11(2)15(21)22)8-9-19(12(3)16(23)24)13(4)17(25)26;;/h5,11-14,20H,1,6-10H2,2-4H3,(H,21,22)(H,23,24)(H,25,26);;/q;2*+1/p-2. The molecule has 11 heteroatoms. The van der Waals surface area contributed by atoms with E-state index in [2.05, 4.69) is 6.58 Å². The summed E-state index contributed by atoms with van der Waals surface area (Å²) < 4.78 is 0. The van der Waals surface area contributed by atoms with Gasteiger partial charge in [-0.25, -0.2) is 0 Å². The van der Waals surface area contributed by atoms with E-state index in [1.54, 1.807) is 6.08 Å². The molecule has 0 bridgehead atoms. The summed E-state index contributed by atoms with van der Waals surface area (Å²) in [6.07, 6.45) is 1.77. The van der Waals surface area contributed by atoms with Gasteiger partial charge in [0.05, 0.1) is 18.0 Å². The van der Waals surface area contributed by atoms with Crippen LogP contribution in [0.25, 0.3) is 0 Å². The number of aliphatic carboxylic acids is 3. The van der Waals surface area contributed by atoms with Crippen LogP contribution in [0.4, 0.5) is 0 Å². The summed E-state index contributed by atoms with van der Waals surface area (Å²) in [7, 11) is 0. The fourth-order valence-electron chi connectivity index (χ4n) is 2.51. The van der Waals surface area contributed by atoms with Gasteiger partial charge in [0.15, 0.2) is 0 Å². The second-order valence-corrected chi connectivity index (χ2v) is 6.26. The van der Waals surface area contributed by atoms with E-state index in [0.717, 1.165) is 0 Å². The molecule has 28 heavy (non-hydrogen) atoms. The molecule has 0 amide bonds. The Hall–Kier alpha value is -0.775. The van der Waals surface area contributed by atoms with Crippen LogP contribution in [-0.2, 0) is 14.4 Å². The van der Waals surface area contributed by atoms with Crippen LogP contribution < -0.4 is 47.9 Å². The third kappa shape index (κ3) is 11.3. The molecule has 0 radical (unpaired) electrons. The van der Waals surface area contributed by atoms with Crippen LogP contribution in [0.1, 0.15) is 33.6 Å². The summed E-state index contributed by atoms with van der Waals surface area (Å²) in [5.41, 5.74) is 0. The van der Waals surface area contributed by atoms with Crippen LogP contribution in [0.5, 0.6) is 0 Å². The molecule has 0 aliphatic heterocycles. The molecule has 4 atom stereocenters. The summed E-state index contributed by atoms with van der Waals surface area (Å²) in [4.78, 5) is 36.2. The summed E-state index contributed by atoms with van der Waals surface area (Å²) in [5, 5.41) is 41.5. The van der Waals surface area contributed by atoms with E-state index in [9.17, 15) is 29.7 Å². The molecule has 0 heterocycles. The maximum Gasteiger partial charge on any atom is 1.00 e. The molecule has 9 nitrogen and oxygen atoms in total. The summed E-state index contributed by atoms with van der Waals surface area (Å²) >= 11 is 0. The van der Waals surface area contributed by atoms with E-state index in [1.807, 2.05) is 0 Å². The topological polar surface area (TPSA) is 144 Å². The van der Waals surface area contributed by atoms with Crippen molar-refractivity contribution < 1.29 is 72.5 Å². The second-order valence-electron chi connectivity index (χ2n) is 6.26. The second kappa shape index (κ2) is 16.1. The van der Waals surface area contributed by atoms with Crippen molar-refractivity contribution in [1.29, 1.82) is 0 Å². The fraction of sp³-hybridized carbons (Fsp3) is 0.706. The van der Waals surface area contributed by atoms with E-state index >= 15 is 0 Å². The van der Waals surface area contributed by atoms with Crippen molar-refractivity contribution in [3.63, 3.8) is 0 Å². The zero-order valence-electron chi connectivity index (χ0n) is 17.5. The van der Waals surface area contributed by atoms with Gasteiger partial charge in [-0.3, -0.25) is 14.6 Å². The Balaban J connectivity index is -0.00000312. The van der Waals surface area contributed by atoms with Gasteiger partial charge in [0.25, 0.3) is 0 Å². The van der Waals surface area contributed by atoms with Crippen molar-refractivity contribution in [2.75, 3.05) is 19.6 Å². The minimum atomic E-state index is -1.43. The van der Waals surface area contributed by atoms with Crippen molar-refractivity contribution >= 4 is 17.9 Å². The molecule has 0 aromatic rings. The zero-order valence-corrected chi connectivity index (χ0v) is 17.5. The molecule has 0 rings (SSSR count). The Labute approximate surface area is 190 Å². The summed E-state index contributed by atoms with van der Waals surface area (Å²) in [6.45, 7) is 7.62. The minimum Gasteiger partial charge on any atom is -0.548 e. The molecule has 0 aromatic carbocycles. The van der Waals surface area contributed by atoms with Gasteiger partial charge in [-0.15, -0.1) is 6.58 Å². The van der Waals surface area contributed by atoms with Crippen LogP contribution in [-0.4, -0.2) is 81.8 Å². The Morgan fingerprint density at radius 2 is 1.50 bits per heavy atom. The van der Waals surface area contributed by atoms with Gasteiger partial charge in [-0.1, -0.05) is 6.08 Å².